The Morgan fingerprint density at radius 2 is 0.647 bits per heavy atom. The first-order chi connectivity index (χ1) is 64.5. The SMILES string of the molecule is Cc1cn(C2CC(OP(=O)(O)OCC3OC(n4cnc5c(=O)[nH]c(N)nc54)CC3OP(=O)(O)OCC3OC(n4cnc5c(=O)[nH]c(N)nc54)CC3OP(=O)(O)OCC3OC(n4cnc5c(=O)[nH]c(N)nc54)CC3OP(=O)(O)OCC3OC(n4cnc5c(N)ncnc54)CC3OP(=O)(O)OCC3OC(n4cnc5c(=O)[nH]c(N)nc54)CC3O)C(COP(=O)(O)Oc3ccccc3)O2)c(=O)[nH]c1=O. The molecule has 6 aliphatic heterocycles. The molecule has 6 fully saturated rings. The smallest absolute Gasteiger partial charge is 0.404 e. The third kappa shape index (κ3) is 20.6. The Bertz CT molecular complexity index is 7280. The minimum atomic E-state index is -5.72. The fraction of sp³-hybridized carbons (Fsp3) is 0.470. The zero-order chi connectivity index (χ0) is 96.1. The molecule has 11 aromatic heterocycles. The number of imidazole rings is 5. The molecule has 0 amide bonds. The highest BCUT2D eigenvalue weighted by molar-refractivity contribution is 7.48. The van der Waals surface area contributed by atoms with Crippen LogP contribution in [0.4, 0.5) is 29.6 Å². The number of nitrogens with one attached hydrogen (secondary N) is 5. The minimum Gasteiger partial charge on any atom is -0.404 e. The molecule has 70 heteroatoms. The second kappa shape index (κ2) is 37.4. The lowest BCUT2D eigenvalue weighted by molar-refractivity contribution is -0.0638. The van der Waals surface area contributed by atoms with Crippen molar-refractivity contribution in [2.45, 2.75) is 156 Å². The molecule has 1 aromatic carbocycles. The van der Waals surface area contributed by atoms with E-state index in [9.17, 15) is 90.6 Å². The molecule has 18 rings (SSSR count). The van der Waals surface area contributed by atoms with E-state index in [0.29, 0.717) is 0 Å². The molecule has 0 spiro atoms. The van der Waals surface area contributed by atoms with E-state index in [2.05, 4.69) is 79.7 Å². The Balaban J connectivity index is 0.573. The van der Waals surface area contributed by atoms with Gasteiger partial charge in [-0.25, -0.2) is 67.1 Å². The Morgan fingerprint density at radius 3 is 0.985 bits per heavy atom. The number of rotatable bonds is 36. The van der Waals surface area contributed by atoms with E-state index in [1.54, 1.807) is 6.07 Å². The molecule has 17 heterocycles. The maximum atomic E-state index is 14.7. The number of nitrogens with two attached hydrogens (primary N) is 5. The Morgan fingerprint density at radius 1 is 0.360 bits per heavy atom. The van der Waals surface area contributed by atoms with Crippen molar-refractivity contribution in [2.24, 2.45) is 0 Å². The number of anilines is 5. The van der Waals surface area contributed by atoms with E-state index in [-0.39, 0.29) is 91.7 Å². The number of aromatic amines is 5. The van der Waals surface area contributed by atoms with Gasteiger partial charge in [0.1, 0.15) is 122 Å². The number of nitrogens with zero attached hydrogens (tertiary/aromatic N) is 17. The van der Waals surface area contributed by atoms with Crippen LogP contribution in [0.15, 0.2) is 103 Å². The fourth-order valence-corrected chi connectivity index (χ4v) is 21.4. The van der Waals surface area contributed by atoms with Gasteiger partial charge in [-0.3, -0.25) is 131 Å². The molecular formula is C66H79N27O37P6. The Hall–Kier alpha value is -10.9. The number of hydrogen-bond donors (Lipinski definition) is 17. The zero-order valence-electron chi connectivity index (χ0n) is 69.4. The highest BCUT2D eigenvalue weighted by Crippen LogP contribution is 2.58. The third-order valence-electron chi connectivity index (χ3n) is 22.0. The molecule has 22 N–H and O–H groups in total. The van der Waals surface area contributed by atoms with Crippen molar-refractivity contribution < 1.29 is 145 Å². The van der Waals surface area contributed by atoms with E-state index in [4.69, 9.17) is 111 Å². The second-order valence-electron chi connectivity index (χ2n) is 31.1. The Labute approximate surface area is 753 Å². The number of hydrogen-bond acceptors (Lipinski definition) is 47. The van der Waals surface area contributed by atoms with Crippen LogP contribution in [0.2, 0.25) is 0 Å². The number of aliphatic hydroxyl groups excluding tert-OH is 1. The van der Waals surface area contributed by atoms with Gasteiger partial charge in [-0.1, -0.05) is 18.2 Å². The Kier molecular flexibility index (Phi) is 26.3. The quantitative estimate of drug-likeness (QED) is 0.0208. The summed E-state index contributed by atoms with van der Waals surface area (Å²) in [4.78, 5) is 203. The summed E-state index contributed by atoms with van der Waals surface area (Å²) < 4.78 is 196. The van der Waals surface area contributed by atoms with Gasteiger partial charge in [0.15, 0.2) is 56.1 Å². The number of aromatic nitrogens is 22. The molecule has 64 nitrogen and oxygen atoms in total. The average Bonchev–Trinajstić information content (AvgIpc) is 1.64. The molecule has 136 heavy (non-hydrogen) atoms. The minimum absolute atomic E-state index is 0.00396. The maximum absolute atomic E-state index is 14.7. The lowest BCUT2D eigenvalue weighted by Gasteiger charge is -2.26. The number of fused-ring (bicyclic) bond motifs is 5. The summed E-state index contributed by atoms with van der Waals surface area (Å²) >= 11 is 0. The number of phosphoric acid groups is 6. The van der Waals surface area contributed by atoms with Gasteiger partial charge in [-0.15, -0.1) is 0 Å². The number of aryl methyl sites for hydroxylation is 1. The van der Waals surface area contributed by atoms with Crippen LogP contribution in [0.25, 0.3) is 55.8 Å². The van der Waals surface area contributed by atoms with Crippen LogP contribution in [0.1, 0.15) is 81.5 Å². The van der Waals surface area contributed by atoms with E-state index in [0.717, 1.165) is 49.8 Å². The van der Waals surface area contributed by atoms with Crippen LogP contribution in [-0.4, -0.2) is 255 Å². The fourth-order valence-electron chi connectivity index (χ4n) is 15.8. The first-order valence-electron chi connectivity index (χ1n) is 40.3. The lowest BCUT2D eigenvalue weighted by atomic mass is 10.2. The van der Waals surface area contributed by atoms with Gasteiger partial charge < -0.3 is 91.2 Å². The summed E-state index contributed by atoms with van der Waals surface area (Å²) in [5, 5.41) is 11.1. The lowest BCUT2D eigenvalue weighted by Crippen LogP contribution is -2.33. The molecule has 12 aromatic rings. The molecule has 6 saturated heterocycles. The number of nitrogen functional groups attached to an aromatic ring is 5. The van der Waals surface area contributed by atoms with Crippen LogP contribution < -0.4 is 66.7 Å². The summed E-state index contributed by atoms with van der Waals surface area (Å²) in [5.74, 6) is -1.64. The number of H-pyrrole nitrogens is 5. The average molecular weight is 2030 g/mol. The largest absolute Gasteiger partial charge is 0.527 e. The standard InChI is InChI=1S/C66H79N27O37P6/c1-26-13-88(66(100)87-57(26)95)41-8-29(35(120-41)15-114-131(101,102)125-27-5-3-2-4-6-27)126-133(105,106)116-17-37-31(10-43(122-37)91-23-76-48-54(91)80-63(69)84-59(48)97)129-135(109,110)118-19-39-33(12-45(124-39)93-25-78-50-56(93)82-65(71)86-61(50)99)130-136(111,112)117-18-38-32(11-44(123-38)92-24-77-49-55(92)81-64(70)85-60(49)98)128-134(107,108)115-16-36-30(9-42(121-36)89-21-74-46-51(67)72-20-73-52(46)89)127-132(103,104)113-14-34-28(94)7-40(119-34)90-22-75-47-53(90)79-62(68)83-58(47)96/h2-6,13,20-25,28-45,94H,7-12,14-19H2,1H3,(H,101,102)(H,103,104)(H,105,106)(H,107,108)(H,109,110)(H,111,112)(H2,67,72,73)(H,87,95,100)(H3,68,79,83,96)(H3,69,80,84,97)(H3,70,81,85,98)(H3,71,82,86,99). The summed E-state index contributed by atoms with van der Waals surface area (Å²) in [6.45, 7) is -4.85. The van der Waals surface area contributed by atoms with Crippen LogP contribution in [0, 0.1) is 6.92 Å². The van der Waals surface area contributed by atoms with Crippen molar-refractivity contribution in [3.8, 4) is 5.75 Å². The number of para-hydroxylation sites is 1. The van der Waals surface area contributed by atoms with Crippen molar-refractivity contribution >= 4 is 132 Å². The first-order valence-corrected chi connectivity index (χ1v) is 49.2. The monoisotopic (exact) mass is 2030 g/mol. The van der Waals surface area contributed by atoms with Gasteiger partial charge in [-0.2, -0.15) is 19.9 Å². The molecule has 24 atom stereocenters. The number of phosphoric ester groups is 6. The van der Waals surface area contributed by atoms with E-state index in [1.165, 1.54) is 53.0 Å². The predicted octanol–water partition coefficient (Wildman–Crippen LogP) is -1.08. The number of benzene rings is 1. The second-order valence-corrected chi connectivity index (χ2v) is 39.5. The van der Waals surface area contributed by atoms with Crippen LogP contribution in [0.5, 0.6) is 5.75 Å². The zero-order valence-corrected chi connectivity index (χ0v) is 74.7. The van der Waals surface area contributed by atoms with Gasteiger partial charge in [0, 0.05) is 50.3 Å². The van der Waals surface area contributed by atoms with Crippen LogP contribution in [-0.2, 0) is 106 Å². The topological polar surface area (TPSA) is 893 Å². The summed E-state index contributed by atoms with van der Waals surface area (Å²) in [5.41, 5.74) is 23.3. The number of ether oxygens (including phenoxy) is 6. The highest BCUT2D eigenvalue weighted by atomic mass is 31.2. The third-order valence-corrected chi connectivity index (χ3v) is 28.0. The molecule has 0 radical (unpaired) electrons. The van der Waals surface area contributed by atoms with E-state index >= 15 is 0 Å². The van der Waals surface area contributed by atoms with Crippen molar-refractivity contribution in [2.75, 3.05) is 68.3 Å². The highest BCUT2D eigenvalue weighted by Gasteiger charge is 2.52. The van der Waals surface area contributed by atoms with Crippen molar-refractivity contribution in [1.82, 2.24) is 107 Å². The normalized spacial score (nSPS) is 28.1. The van der Waals surface area contributed by atoms with E-state index < -0.39 is 274 Å². The van der Waals surface area contributed by atoms with Crippen LogP contribution in [0.3, 0.4) is 0 Å². The van der Waals surface area contributed by atoms with Gasteiger partial charge in [0.25, 0.3) is 27.8 Å². The summed E-state index contributed by atoms with van der Waals surface area (Å²) in [6.07, 6.45) is -23.1. The first kappa shape index (κ1) is 95.4. The molecule has 0 bridgehead atoms. The molecule has 0 aliphatic carbocycles. The van der Waals surface area contributed by atoms with Gasteiger partial charge >= 0.3 is 52.6 Å². The van der Waals surface area contributed by atoms with Gasteiger partial charge in [-0.05, 0) is 19.1 Å². The van der Waals surface area contributed by atoms with Gasteiger partial charge in [0.2, 0.25) is 23.8 Å². The molecular weight excluding hydrogens is 1950 g/mol. The van der Waals surface area contributed by atoms with Crippen molar-refractivity contribution in [1.29, 1.82) is 0 Å². The van der Waals surface area contributed by atoms with Crippen molar-refractivity contribution in [3.05, 3.63) is 142 Å². The molecule has 6 aliphatic rings. The van der Waals surface area contributed by atoms with Gasteiger partial charge in [0.05, 0.1) is 77.4 Å². The maximum Gasteiger partial charge on any atom is 0.527 e. The molecule has 730 valence electrons. The molecule has 24 unspecified atom stereocenters. The molecule has 0 saturated carbocycles. The van der Waals surface area contributed by atoms with Crippen LogP contribution >= 0.6 is 46.9 Å². The summed E-state index contributed by atoms with van der Waals surface area (Å²) in [7, 11) is -32.9. The number of aliphatic hydroxyl groups is 1. The van der Waals surface area contributed by atoms with E-state index in [1.807, 2.05) is 0 Å². The van der Waals surface area contributed by atoms with Crippen molar-refractivity contribution in [3.63, 3.8) is 0 Å². The predicted molar refractivity (Wildman–Crippen MR) is 449 cm³/mol. The summed E-state index contributed by atoms with van der Waals surface area (Å²) in [6, 6.07) is 7.24.